The second kappa shape index (κ2) is 5.17. The molecule has 0 bridgehead atoms. The second-order valence-electron chi connectivity index (χ2n) is 2.78. The molecule has 0 aromatic carbocycles. The molecule has 0 aromatic rings. The number of amides is 1. The Morgan fingerprint density at radius 2 is 2.53 bits per heavy atom. The van der Waals surface area contributed by atoms with Gasteiger partial charge in [0.2, 0.25) is 0 Å². The van der Waals surface area contributed by atoms with E-state index in [9.17, 15) is 4.79 Å². The normalized spacial score (nSPS) is 20.7. The molecule has 0 saturated heterocycles. The van der Waals surface area contributed by atoms with Gasteiger partial charge in [0, 0.05) is 0 Å². The van der Waals surface area contributed by atoms with Crippen molar-refractivity contribution in [3.8, 4) is 0 Å². The molecule has 1 atom stereocenters. The average molecular weight is 269 g/mol. The lowest BCUT2D eigenvalue weighted by molar-refractivity contribution is 0.214. The summed E-state index contributed by atoms with van der Waals surface area (Å²) >= 11 is 4.27. The number of thiol groups is 1. The Morgan fingerprint density at radius 1 is 1.87 bits per heavy atom. The fourth-order valence-electron chi connectivity index (χ4n) is 0.790. The molecule has 1 heterocycles. The van der Waals surface area contributed by atoms with Crippen molar-refractivity contribution in [3.63, 3.8) is 0 Å². The first kappa shape index (κ1) is 12.8. The number of aliphatic hydroxyl groups is 1. The molecule has 86 valence electrons. The predicted molar refractivity (Wildman–Crippen MR) is 68.1 cm³/mol. The van der Waals surface area contributed by atoms with Crippen LogP contribution in [-0.2, 0) is 9.31 Å². The van der Waals surface area contributed by atoms with Crippen molar-refractivity contribution in [2.45, 2.75) is 0 Å². The van der Waals surface area contributed by atoms with E-state index >= 15 is 0 Å². The van der Waals surface area contributed by atoms with Crippen LogP contribution in [0.4, 0.5) is 4.79 Å². The van der Waals surface area contributed by atoms with E-state index in [1.165, 1.54) is 10.8 Å². The summed E-state index contributed by atoms with van der Waals surface area (Å²) in [6.07, 6.45) is 4.89. The molecular formula is C6H12BNO4S3. The third-order valence-corrected chi connectivity index (χ3v) is 7.38. The van der Waals surface area contributed by atoms with Gasteiger partial charge in [0.15, 0.2) is 0 Å². The summed E-state index contributed by atoms with van der Waals surface area (Å²) in [7, 11) is -0.877. The van der Waals surface area contributed by atoms with E-state index in [2.05, 4.69) is 17.0 Å². The van der Waals surface area contributed by atoms with Crippen LogP contribution in [0.2, 0.25) is 0 Å². The summed E-state index contributed by atoms with van der Waals surface area (Å²) < 4.78 is 9.71. The molecule has 1 amide bonds. The molecule has 5 nitrogen and oxygen atoms in total. The minimum absolute atomic E-state index is 0.142. The number of carbonyl (C=O) groups excluding carboxylic acids is 1. The molecule has 2 N–H and O–H groups in total. The summed E-state index contributed by atoms with van der Waals surface area (Å²) in [6.45, 7) is 0. The molecule has 1 aliphatic heterocycles. The lowest BCUT2D eigenvalue weighted by Gasteiger charge is -2.24. The molecule has 0 aromatic heterocycles. The van der Waals surface area contributed by atoms with E-state index in [4.69, 9.17) is 14.4 Å². The van der Waals surface area contributed by atoms with Gasteiger partial charge in [0.05, 0.1) is 6.44 Å². The van der Waals surface area contributed by atoms with Gasteiger partial charge in [0.25, 0.3) is 11.2 Å². The summed E-state index contributed by atoms with van der Waals surface area (Å²) in [5, 5.41) is 11.4. The summed E-state index contributed by atoms with van der Waals surface area (Å²) in [6, 6.07) is 0. The molecule has 9 heteroatoms. The largest absolute Gasteiger partial charge is 0.617 e. The number of hydrogen-bond acceptors (Lipinski definition) is 6. The quantitative estimate of drug-likeness (QED) is 0.413. The molecule has 0 aliphatic carbocycles. The van der Waals surface area contributed by atoms with E-state index in [1.54, 1.807) is 6.26 Å². The Labute approximate surface area is 98.6 Å². The lowest BCUT2D eigenvalue weighted by Crippen LogP contribution is -2.36. The highest BCUT2D eigenvalue weighted by atomic mass is 33.5. The molecule has 1 aliphatic rings. The van der Waals surface area contributed by atoms with Gasteiger partial charge in [-0.1, -0.05) is 18.9 Å². The van der Waals surface area contributed by atoms with Gasteiger partial charge in [-0.25, -0.2) is 0 Å². The Bertz CT molecular complexity index is 286. The van der Waals surface area contributed by atoms with Crippen LogP contribution < -0.4 is 5.32 Å². The number of rotatable bonds is 3. The third-order valence-electron chi connectivity index (χ3n) is 1.65. The van der Waals surface area contributed by atoms with Gasteiger partial charge < -0.3 is 19.7 Å². The molecule has 0 radical (unpaired) electrons. The van der Waals surface area contributed by atoms with Crippen molar-refractivity contribution in [1.82, 2.24) is 5.32 Å². The van der Waals surface area contributed by atoms with Gasteiger partial charge in [-0.15, -0.1) is 11.7 Å². The Hall–Kier alpha value is -0.275. The highest BCUT2D eigenvalue weighted by Gasteiger charge is 2.31. The van der Waals surface area contributed by atoms with Crippen LogP contribution in [0.1, 0.15) is 0 Å². The van der Waals surface area contributed by atoms with Crippen molar-refractivity contribution in [3.05, 3.63) is 12.2 Å². The van der Waals surface area contributed by atoms with Gasteiger partial charge in [0.1, 0.15) is 6.26 Å². The Morgan fingerprint density at radius 3 is 3.00 bits per heavy atom. The summed E-state index contributed by atoms with van der Waals surface area (Å²) in [4.78, 5) is 11.6. The topological polar surface area (TPSA) is 67.8 Å². The molecule has 1 rings (SSSR count). The summed E-state index contributed by atoms with van der Waals surface area (Å²) in [5.74, 6) is -0.278. The molecule has 0 fully saturated rings. The van der Waals surface area contributed by atoms with Gasteiger partial charge in [-0.2, -0.15) is 0 Å². The highest BCUT2D eigenvalue weighted by Crippen LogP contribution is 2.59. The van der Waals surface area contributed by atoms with Gasteiger partial charge in [-0.3, -0.25) is 4.79 Å². The zero-order chi connectivity index (χ0) is 11.5. The zero-order valence-corrected chi connectivity index (χ0v) is 10.8. The maximum absolute atomic E-state index is 11.6. The van der Waals surface area contributed by atoms with Crippen LogP contribution in [0.3, 0.4) is 0 Å². The van der Waals surface area contributed by atoms with Crippen molar-refractivity contribution >= 4 is 42.9 Å². The van der Waals surface area contributed by atoms with E-state index < -0.39 is 15.2 Å². The van der Waals surface area contributed by atoms with Crippen molar-refractivity contribution in [1.29, 1.82) is 0 Å². The van der Waals surface area contributed by atoms with Crippen LogP contribution in [0, 0.1) is 0 Å². The van der Waals surface area contributed by atoms with Crippen LogP contribution in [0.25, 0.3) is 0 Å². The minimum atomic E-state index is -1.63. The maximum atomic E-state index is 11.6. The second-order valence-corrected chi connectivity index (χ2v) is 11.0. The first-order valence-corrected chi connectivity index (χ1v) is 8.84. The van der Waals surface area contributed by atoms with Crippen LogP contribution in [0.5, 0.6) is 0 Å². The van der Waals surface area contributed by atoms with Gasteiger partial charge in [-0.05, 0) is 12.5 Å². The predicted octanol–water partition coefficient (Wildman–Crippen LogP) is 1.68. The Balaban J connectivity index is 2.29. The fourth-order valence-corrected chi connectivity index (χ4v) is 2.12. The first-order valence-electron chi connectivity index (χ1n) is 4.01. The molecule has 15 heavy (non-hydrogen) atoms. The van der Waals surface area contributed by atoms with Crippen molar-refractivity contribution in [2.75, 3.05) is 19.0 Å². The number of hydrogen-bond donors (Lipinski definition) is 3. The summed E-state index contributed by atoms with van der Waals surface area (Å²) in [5.41, 5.74) is 0. The average Bonchev–Trinajstić information content (AvgIpc) is 2.60. The van der Waals surface area contributed by atoms with Crippen molar-refractivity contribution in [2.24, 2.45) is 0 Å². The van der Waals surface area contributed by atoms with Gasteiger partial charge >= 0.3 is 7.12 Å². The maximum Gasteiger partial charge on any atom is 0.617 e. The van der Waals surface area contributed by atoms with E-state index in [0.717, 1.165) is 6.26 Å². The monoisotopic (exact) mass is 269 g/mol. The Kier molecular flexibility index (Phi) is 4.41. The first-order chi connectivity index (χ1) is 6.95. The SMILES string of the molecule is CSS(C)(S)C(=O)NCB1OC=C(O)O1. The number of carbonyl (C=O) groups is 1. The van der Waals surface area contributed by atoms with Crippen LogP contribution in [-0.4, -0.2) is 36.4 Å². The zero-order valence-electron chi connectivity index (χ0n) is 8.30. The molecule has 0 saturated carbocycles. The fraction of sp³-hybridized carbons (Fsp3) is 0.500. The van der Waals surface area contributed by atoms with Crippen LogP contribution in [0.15, 0.2) is 12.2 Å². The number of aliphatic hydroxyl groups excluding tert-OH is 1. The molecule has 1 unspecified atom stereocenters. The lowest BCUT2D eigenvalue weighted by atomic mass is 9.91. The van der Waals surface area contributed by atoms with E-state index in [-0.39, 0.29) is 17.6 Å². The molecule has 0 spiro atoms. The smallest absolute Gasteiger partial charge is 0.525 e. The standard InChI is InChI=1S/C6H12BNO4S3/c1-14-15(2,13)6(10)8-4-7-11-3-5(9)12-7/h3,9,13H,4H2,1-2H3,(H,8,10). The minimum Gasteiger partial charge on any atom is -0.525 e. The third kappa shape index (κ3) is 3.65. The van der Waals surface area contributed by atoms with Crippen molar-refractivity contribution < 1.29 is 19.2 Å². The highest BCUT2D eigenvalue weighted by molar-refractivity contribution is 9.26. The number of nitrogens with one attached hydrogen (secondary N) is 1. The molecular weight excluding hydrogens is 257 g/mol. The van der Waals surface area contributed by atoms with E-state index in [1.807, 2.05) is 6.26 Å². The van der Waals surface area contributed by atoms with Crippen LogP contribution >= 0.6 is 30.5 Å². The van der Waals surface area contributed by atoms with E-state index in [0.29, 0.717) is 0 Å².